The molecule has 136 valence electrons. The highest BCUT2D eigenvalue weighted by molar-refractivity contribution is 5.72. The minimum atomic E-state index is -1.50. The fourth-order valence-electron chi connectivity index (χ4n) is 2.90. The van der Waals surface area contributed by atoms with E-state index < -0.39 is 34.7 Å². The number of benzene rings is 1. The molecule has 0 N–H and O–H groups in total. The molecular weight excluding hydrogens is 335 g/mol. The van der Waals surface area contributed by atoms with Gasteiger partial charge in [-0.25, -0.2) is 18.0 Å². The van der Waals surface area contributed by atoms with E-state index in [1.165, 1.54) is 0 Å². The van der Waals surface area contributed by atoms with Crippen LogP contribution in [-0.2, 0) is 16.1 Å². The van der Waals surface area contributed by atoms with Gasteiger partial charge in [0.25, 0.3) is 0 Å². The molecule has 0 unspecified atom stereocenters. The van der Waals surface area contributed by atoms with Gasteiger partial charge in [0.2, 0.25) is 0 Å². The Kier molecular flexibility index (Phi) is 4.31. The molecule has 4 nitrogen and oxygen atoms in total. The van der Waals surface area contributed by atoms with E-state index in [1.54, 1.807) is 25.7 Å². The number of hydrogen-bond acceptors (Lipinski definition) is 3. The van der Waals surface area contributed by atoms with Crippen molar-refractivity contribution < 1.29 is 27.4 Å². The fraction of sp³-hybridized carbons (Fsp3) is 0.500. The zero-order chi connectivity index (χ0) is 18.4. The van der Waals surface area contributed by atoms with Crippen molar-refractivity contribution in [2.45, 2.75) is 51.0 Å². The predicted molar refractivity (Wildman–Crippen MR) is 84.3 cm³/mol. The molecule has 1 heterocycles. The lowest BCUT2D eigenvalue weighted by Crippen LogP contribution is -2.42. The van der Waals surface area contributed by atoms with Crippen molar-refractivity contribution in [3.63, 3.8) is 0 Å². The van der Waals surface area contributed by atoms with E-state index in [-0.39, 0.29) is 18.3 Å². The highest BCUT2D eigenvalue weighted by Crippen LogP contribution is 2.43. The molecule has 1 atom stereocenters. The summed E-state index contributed by atoms with van der Waals surface area (Å²) in [5.74, 6) is -4.00. The number of hydrogen-bond donors (Lipinski definition) is 0. The van der Waals surface area contributed by atoms with E-state index in [0.717, 1.165) is 12.1 Å². The Labute approximate surface area is 144 Å². The lowest BCUT2D eigenvalue weighted by atomic mass is 10.1. The predicted octanol–water partition coefficient (Wildman–Crippen LogP) is 3.94. The number of carbonyl (C=O) groups is 1. The van der Waals surface area contributed by atoms with Crippen molar-refractivity contribution in [1.82, 2.24) is 4.90 Å². The van der Waals surface area contributed by atoms with E-state index in [1.807, 2.05) is 12.2 Å². The van der Waals surface area contributed by atoms with E-state index >= 15 is 0 Å². The van der Waals surface area contributed by atoms with Crippen LogP contribution in [0.4, 0.5) is 18.0 Å². The molecule has 1 spiro atoms. The van der Waals surface area contributed by atoms with Crippen molar-refractivity contribution in [2.75, 3.05) is 6.54 Å². The zero-order valence-corrected chi connectivity index (χ0v) is 14.3. The number of ether oxygens (including phenoxy) is 2. The maximum atomic E-state index is 13.2. The van der Waals surface area contributed by atoms with Gasteiger partial charge in [0.05, 0.1) is 24.8 Å². The summed E-state index contributed by atoms with van der Waals surface area (Å²) in [4.78, 5) is 13.9. The van der Waals surface area contributed by atoms with Gasteiger partial charge in [-0.2, -0.15) is 0 Å². The van der Waals surface area contributed by atoms with Gasteiger partial charge in [-0.1, -0.05) is 12.2 Å². The first-order chi connectivity index (χ1) is 11.6. The third-order valence-electron chi connectivity index (χ3n) is 4.14. The van der Waals surface area contributed by atoms with Crippen LogP contribution < -0.4 is 0 Å². The minimum Gasteiger partial charge on any atom is -0.444 e. The Morgan fingerprint density at radius 2 is 1.84 bits per heavy atom. The Morgan fingerprint density at radius 3 is 2.36 bits per heavy atom. The third kappa shape index (κ3) is 3.81. The molecule has 1 amide bonds. The zero-order valence-electron chi connectivity index (χ0n) is 14.3. The maximum Gasteiger partial charge on any atom is 0.411 e. The molecule has 0 saturated carbocycles. The van der Waals surface area contributed by atoms with Crippen LogP contribution >= 0.6 is 0 Å². The van der Waals surface area contributed by atoms with Crippen LogP contribution in [0.15, 0.2) is 24.3 Å². The number of rotatable bonds is 3. The van der Waals surface area contributed by atoms with Crippen LogP contribution in [0.5, 0.6) is 0 Å². The monoisotopic (exact) mass is 355 g/mol. The molecule has 0 bridgehead atoms. The quantitative estimate of drug-likeness (QED) is 0.609. The van der Waals surface area contributed by atoms with Crippen molar-refractivity contribution in [1.29, 1.82) is 0 Å². The molecule has 0 radical (unpaired) electrons. The van der Waals surface area contributed by atoms with Crippen LogP contribution in [0.1, 0.15) is 32.8 Å². The van der Waals surface area contributed by atoms with Crippen LogP contribution in [-0.4, -0.2) is 34.8 Å². The summed E-state index contributed by atoms with van der Waals surface area (Å²) < 4.78 is 50.6. The molecule has 1 saturated heterocycles. The van der Waals surface area contributed by atoms with Gasteiger partial charge in [-0.3, -0.25) is 4.90 Å². The average Bonchev–Trinajstić information content (AvgIpc) is 3.14. The van der Waals surface area contributed by atoms with Gasteiger partial charge in [-0.05, 0) is 38.5 Å². The summed E-state index contributed by atoms with van der Waals surface area (Å²) in [6, 6.07) is 1.81. The third-order valence-corrected chi connectivity index (χ3v) is 4.14. The molecular formula is C18H20F3NO3. The molecule has 0 aromatic heterocycles. The standard InChI is InChI=1S/C18H20F3NO3/c1-17(2,3)25-16(23)22-9-12(8-18(22)4-5-18)24-10-11-6-13(19)15(21)14(20)7-11/h4-7,12H,8-10H2,1-3H3/t12-/m0/s1. The van der Waals surface area contributed by atoms with Crippen molar-refractivity contribution >= 4 is 6.09 Å². The number of nitrogens with zero attached hydrogens (tertiary/aromatic N) is 1. The number of halogens is 3. The molecule has 1 aliphatic heterocycles. The summed E-state index contributed by atoms with van der Waals surface area (Å²) in [5.41, 5.74) is -0.869. The molecule has 3 rings (SSSR count). The highest BCUT2D eigenvalue weighted by Gasteiger charge is 2.52. The van der Waals surface area contributed by atoms with Crippen LogP contribution in [0.3, 0.4) is 0 Å². The maximum absolute atomic E-state index is 13.2. The molecule has 7 heteroatoms. The van der Waals surface area contributed by atoms with E-state index in [4.69, 9.17) is 9.47 Å². The lowest BCUT2D eigenvalue weighted by Gasteiger charge is -2.28. The second-order valence-electron chi connectivity index (χ2n) is 7.43. The van der Waals surface area contributed by atoms with Gasteiger partial charge in [0.1, 0.15) is 5.60 Å². The normalized spacial score (nSPS) is 21.0. The molecule has 1 aromatic carbocycles. The summed E-state index contributed by atoms with van der Waals surface area (Å²) in [5, 5.41) is 0. The van der Waals surface area contributed by atoms with Gasteiger partial charge < -0.3 is 9.47 Å². The topological polar surface area (TPSA) is 38.8 Å². The number of carbonyl (C=O) groups excluding carboxylic acids is 1. The minimum absolute atomic E-state index is 0.0724. The fourth-order valence-corrected chi connectivity index (χ4v) is 2.90. The first kappa shape index (κ1) is 17.8. The van der Waals surface area contributed by atoms with Gasteiger partial charge in [-0.15, -0.1) is 0 Å². The Bertz CT molecular complexity index is 698. The summed E-state index contributed by atoms with van der Waals surface area (Å²) in [7, 11) is 0. The molecule has 1 aliphatic carbocycles. The first-order valence-corrected chi connectivity index (χ1v) is 8.06. The first-order valence-electron chi connectivity index (χ1n) is 8.06. The molecule has 1 aromatic rings. The smallest absolute Gasteiger partial charge is 0.411 e. The second kappa shape index (κ2) is 6.05. The summed E-state index contributed by atoms with van der Waals surface area (Å²) in [6.45, 7) is 5.61. The second-order valence-corrected chi connectivity index (χ2v) is 7.43. The summed E-state index contributed by atoms with van der Waals surface area (Å²) >= 11 is 0. The van der Waals surface area contributed by atoms with E-state index in [2.05, 4.69) is 0 Å². The average molecular weight is 355 g/mol. The number of likely N-dealkylation sites (tertiary alicyclic amines) is 1. The molecule has 2 aliphatic rings. The van der Waals surface area contributed by atoms with Crippen LogP contribution in [0.2, 0.25) is 0 Å². The Hall–Kier alpha value is -2.02. The largest absolute Gasteiger partial charge is 0.444 e. The highest BCUT2D eigenvalue weighted by atomic mass is 19.2. The van der Waals surface area contributed by atoms with Crippen molar-refractivity contribution in [3.05, 3.63) is 47.3 Å². The Morgan fingerprint density at radius 1 is 1.24 bits per heavy atom. The van der Waals surface area contributed by atoms with Crippen molar-refractivity contribution in [3.8, 4) is 0 Å². The molecule has 25 heavy (non-hydrogen) atoms. The van der Waals surface area contributed by atoms with Crippen LogP contribution in [0.25, 0.3) is 0 Å². The van der Waals surface area contributed by atoms with Gasteiger partial charge in [0.15, 0.2) is 17.5 Å². The molecule has 1 fully saturated rings. The lowest BCUT2D eigenvalue weighted by molar-refractivity contribution is 0.0148. The van der Waals surface area contributed by atoms with Gasteiger partial charge >= 0.3 is 6.09 Å². The SMILES string of the molecule is CC(C)(C)OC(=O)N1C[C@@H](OCc2cc(F)c(F)c(F)c2)CC12C=C2. The van der Waals surface area contributed by atoms with E-state index in [0.29, 0.717) is 13.0 Å². The summed E-state index contributed by atoms with van der Waals surface area (Å²) in [6.07, 6.45) is 3.62. The Balaban J connectivity index is 1.61. The van der Waals surface area contributed by atoms with E-state index in [9.17, 15) is 18.0 Å². The van der Waals surface area contributed by atoms with Crippen molar-refractivity contribution in [2.24, 2.45) is 0 Å². The van der Waals surface area contributed by atoms with Crippen LogP contribution in [0, 0.1) is 17.5 Å². The number of amides is 1. The van der Waals surface area contributed by atoms with Gasteiger partial charge in [0, 0.05) is 6.42 Å².